The summed E-state index contributed by atoms with van der Waals surface area (Å²) in [6.07, 6.45) is 5.34. The van der Waals surface area contributed by atoms with Crippen molar-refractivity contribution < 1.29 is 9.53 Å². The maximum Gasteiger partial charge on any atom is 0.239 e. The van der Waals surface area contributed by atoms with Gasteiger partial charge in [-0.05, 0) is 12.8 Å². The van der Waals surface area contributed by atoms with E-state index < -0.39 is 0 Å². The molecule has 110 valence electrons. The number of anilines is 1. The van der Waals surface area contributed by atoms with Gasteiger partial charge in [0.15, 0.2) is 0 Å². The van der Waals surface area contributed by atoms with Gasteiger partial charge in [0, 0.05) is 31.1 Å². The molecule has 2 atom stereocenters. The van der Waals surface area contributed by atoms with Gasteiger partial charge in [0.1, 0.15) is 5.82 Å². The van der Waals surface area contributed by atoms with Gasteiger partial charge in [-0.2, -0.15) is 4.37 Å². The van der Waals surface area contributed by atoms with Crippen LogP contribution >= 0.6 is 11.5 Å². The summed E-state index contributed by atoms with van der Waals surface area (Å²) in [6.45, 7) is 1.03. The Kier molecular flexibility index (Phi) is 4.16. The monoisotopic (exact) mass is 296 g/mol. The van der Waals surface area contributed by atoms with Crippen molar-refractivity contribution in [3.8, 4) is 0 Å². The summed E-state index contributed by atoms with van der Waals surface area (Å²) in [5, 5.41) is 3.99. The van der Waals surface area contributed by atoms with Gasteiger partial charge in [0.25, 0.3) is 0 Å². The number of hydrogen-bond donors (Lipinski definition) is 1. The van der Waals surface area contributed by atoms with Gasteiger partial charge in [-0.3, -0.25) is 4.79 Å². The van der Waals surface area contributed by atoms with Crippen LogP contribution in [-0.2, 0) is 16.0 Å². The van der Waals surface area contributed by atoms with E-state index in [1.165, 1.54) is 24.4 Å². The van der Waals surface area contributed by atoms with Gasteiger partial charge in [-0.1, -0.05) is 12.8 Å². The summed E-state index contributed by atoms with van der Waals surface area (Å²) in [6, 6.07) is 0.654. The van der Waals surface area contributed by atoms with Crippen molar-refractivity contribution >= 4 is 22.6 Å². The van der Waals surface area contributed by atoms with Crippen LogP contribution in [-0.4, -0.2) is 47.6 Å². The molecule has 2 heterocycles. The van der Waals surface area contributed by atoms with Crippen molar-refractivity contribution in [3.05, 3.63) is 5.82 Å². The van der Waals surface area contributed by atoms with Gasteiger partial charge in [0.05, 0.1) is 19.2 Å². The summed E-state index contributed by atoms with van der Waals surface area (Å²) in [7, 11) is 1.68. The molecule has 3 rings (SSSR count). The number of fused-ring (bicyclic) bond motifs is 1. The fourth-order valence-corrected chi connectivity index (χ4v) is 3.81. The molecular formula is C13H20N4O2S. The lowest BCUT2D eigenvalue weighted by Crippen LogP contribution is -2.61. The highest BCUT2D eigenvalue weighted by Gasteiger charge is 2.37. The topological polar surface area (TPSA) is 67.3 Å². The van der Waals surface area contributed by atoms with Crippen LogP contribution in [0.4, 0.5) is 5.13 Å². The Labute approximate surface area is 122 Å². The van der Waals surface area contributed by atoms with Crippen molar-refractivity contribution in [1.29, 1.82) is 0 Å². The van der Waals surface area contributed by atoms with Crippen molar-refractivity contribution in [2.45, 2.75) is 44.2 Å². The Morgan fingerprint density at radius 1 is 1.45 bits per heavy atom. The zero-order chi connectivity index (χ0) is 13.9. The summed E-state index contributed by atoms with van der Waals surface area (Å²) in [5.41, 5.74) is 0. The molecule has 1 aliphatic heterocycles. The van der Waals surface area contributed by atoms with E-state index in [1.807, 2.05) is 0 Å². The highest BCUT2D eigenvalue weighted by Crippen LogP contribution is 2.30. The standard InChI is InChI=1S/C13H20N4O2S/c1-19-7-6-11-15-13(20-16-11)17-8-12(18)14-9-4-2-3-5-10(9)17/h9-10H,2-8H2,1H3,(H,14,18). The number of nitrogens with one attached hydrogen (secondary N) is 1. The van der Waals surface area contributed by atoms with Crippen LogP contribution in [0.25, 0.3) is 0 Å². The van der Waals surface area contributed by atoms with Crippen LogP contribution in [0.2, 0.25) is 0 Å². The van der Waals surface area contributed by atoms with E-state index in [0.717, 1.165) is 30.2 Å². The minimum absolute atomic E-state index is 0.0989. The fourth-order valence-electron chi connectivity index (χ4n) is 3.04. The number of piperazine rings is 1. The molecule has 2 fully saturated rings. The van der Waals surface area contributed by atoms with Crippen molar-refractivity contribution in [3.63, 3.8) is 0 Å². The molecule has 1 saturated heterocycles. The van der Waals surface area contributed by atoms with E-state index in [-0.39, 0.29) is 11.9 Å². The normalized spacial score (nSPS) is 26.2. The van der Waals surface area contributed by atoms with Crippen molar-refractivity contribution in [2.75, 3.05) is 25.2 Å². The van der Waals surface area contributed by atoms with Gasteiger partial charge in [-0.15, -0.1) is 0 Å². The summed E-state index contributed by atoms with van der Waals surface area (Å²) in [5.74, 6) is 0.909. The molecule has 2 unspecified atom stereocenters. The van der Waals surface area contributed by atoms with Gasteiger partial charge in [0.2, 0.25) is 11.0 Å². The molecule has 1 aromatic rings. The first-order valence-corrected chi connectivity index (χ1v) is 7.93. The molecule has 1 amide bonds. The predicted molar refractivity (Wildman–Crippen MR) is 77.0 cm³/mol. The van der Waals surface area contributed by atoms with Crippen LogP contribution in [0.5, 0.6) is 0 Å². The maximum absolute atomic E-state index is 11.9. The Morgan fingerprint density at radius 3 is 3.15 bits per heavy atom. The molecule has 2 aliphatic rings. The number of amides is 1. The minimum atomic E-state index is 0.0989. The molecule has 0 radical (unpaired) electrons. The molecular weight excluding hydrogens is 276 g/mol. The van der Waals surface area contributed by atoms with Crippen LogP contribution in [0.15, 0.2) is 0 Å². The lowest BCUT2D eigenvalue weighted by molar-refractivity contribution is -0.122. The second-order valence-electron chi connectivity index (χ2n) is 5.39. The molecule has 7 heteroatoms. The number of ether oxygens (including phenoxy) is 1. The Morgan fingerprint density at radius 2 is 2.30 bits per heavy atom. The average molecular weight is 296 g/mol. The number of carbonyl (C=O) groups excluding carboxylic acids is 1. The largest absolute Gasteiger partial charge is 0.384 e. The van der Waals surface area contributed by atoms with E-state index in [0.29, 0.717) is 19.2 Å². The molecule has 1 aromatic heterocycles. The first-order valence-electron chi connectivity index (χ1n) is 7.15. The van der Waals surface area contributed by atoms with Crippen LogP contribution < -0.4 is 10.2 Å². The third-order valence-corrected chi connectivity index (χ3v) is 4.81. The van der Waals surface area contributed by atoms with Gasteiger partial charge < -0.3 is 15.0 Å². The highest BCUT2D eigenvalue weighted by atomic mass is 32.1. The minimum Gasteiger partial charge on any atom is -0.384 e. The van der Waals surface area contributed by atoms with Gasteiger partial charge >= 0.3 is 0 Å². The zero-order valence-electron chi connectivity index (χ0n) is 11.7. The average Bonchev–Trinajstić information content (AvgIpc) is 2.93. The number of carbonyl (C=O) groups is 1. The molecule has 0 bridgehead atoms. The number of rotatable bonds is 4. The molecule has 6 nitrogen and oxygen atoms in total. The van der Waals surface area contributed by atoms with Crippen LogP contribution in [0.1, 0.15) is 31.5 Å². The number of methoxy groups -OCH3 is 1. The second kappa shape index (κ2) is 6.05. The first-order chi connectivity index (χ1) is 9.78. The van der Waals surface area contributed by atoms with Crippen molar-refractivity contribution in [2.24, 2.45) is 0 Å². The SMILES string of the molecule is COCCc1nsc(N2CC(=O)NC3CCCCC32)n1. The van der Waals surface area contributed by atoms with Gasteiger partial charge in [-0.25, -0.2) is 4.98 Å². The van der Waals surface area contributed by atoms with E-state index in [9.17, 15) is 4.79 Å². The lowest BCUT2D eigenvalue weighted by Gasteiger charge is -2.43. The van der Waals surface area contributed by atoms with Crippen molar-refractivity contribution in [1.82, 2.24) is 14.7 Å². The number of aromatic nitrogens is 2. The Bertz CT molecular complexity index is 479. The molecule has 1 aliphatic carbocycles. The number of hydrogen-bond acceptors (Lipinski definition) is 6. The second-order valence-corrected chi connectivity index (χ2v) is 6.12. The summed E-state index contributed by atoms with van der Waals surface area (Å²) < 4.78 is 9.42. The smallest absolute Gasteiger partial charge is 0.239 e. The van der Waals surface area contributed by atoms with E-state index in [1.54, 1.807) is 7.11 Å². The molecule has 1 N–H and O–H groups in total. The van der Waals surface area contributed by atoms with Crippen LogP contribution in [0.3, 0.4) is 0 Å². The zero-order valence-corrected chi connectivity index (χ0v) is 12.5. The predicted octanol–water partition coefficient (Wildman–Crippen LogP) is 0.974. The lowest BCUT2D eigenvalue weighted by atomic mass is 9.88. The highest BCUT2D eigenvalue weighted by molar-refractivity contribution is 7.09. The fraction of sp³-hybridized carbons (Fsp3) is 0.769. The number of nitrogens with zero attached hydrogens (tertiary/aromatic N) is 3. The Hall–Kier alpha value is -1.21. The molecule has 0 spiro atoms. The molecule has 1 saturated carbocycles. The van der Waals surface area contributed by atoms with E-state index >= 15 is 0 Å². The van der Waals surface area contributed by atoms with E-state index in [4.69, 9.17) is 4.74 Å². The summed E-state index contributed by atoms with van der Waals surface area (Å²) >= 11 is 1.39. The van der Waals surface area contributed by atoms with E-state index in [2.05, 4.69) is 19.6 Å². The molecule has 0 aromatic carbocycles. The maximum atomic E-state index is 11.9. The first kappa shape index (κ1) is 13.8. The Balaban J connectivity index is 1.76. The third-order valence-electron chi connectivity index (χ3n) is 4.02. The molecule has 20 heavy (non-hydrogen) atoms. The van der Waals surface area contributed by atoms with Crippen LogP contribution in [0, 0.1) is 0 Å². The summed E-state index contributed by atoms with van der Waals surface area (Å²) in [4.78, 5) is 18.6. The quantitative estimate of drug-likeness (QED) is 0.897. The third kappa shape index (κ3) is 2.78.